The number of nitrogens with one attached hydrogen (secondary N) is 1. The van der Waals surface area contributed by atoms with Gasteiger partial charge in [-0.1, -0.05) is 12.1 Å². The molecule has 0 saturated heterocycles. The molecule has 1 rings (SSSR count). The van der Waals surface area contributed by atoms with Crippen LogP contribution in [0.25, 0.3) is 0 Å². The Hall–Kier alpha value is -1.86. The summed E-state index contributed by atoms with van der Waals surface area (Å²) >= 11 is 0. The van der Waals surface area contributed by atoms with Crippen LogP contribution in [-0.4, -0.2) is 28.6 Å². The summed E-state index contributed by atoms with van der Waals surface area (Å²) in [4.78, 5) is 20.8. The number of rotatable bonds is 8. The number of para-hydroxylation sites is 2. The number of hydrogen-bond acceptors (Lipinski definition) is 5. The van der Waals surface area contributed by atoms with E-state index in [1.54, 1.807) is 18.2 Å². The summed E-state index contributed by atoms with van der Waals surface area (Å²) in [6.45, 7) is 0.539. The van der Waals surface area contributed by atoms with Crippen molar-refractivity contribution in [2.45, 2.75) is 25.3 Å². The minimum absolute atomic E-state index is 0. The van der Waals surface area contributed by atoms with Crippen molar-refractivity contribution in [3.05, 3.63) is 34.4 Å². The molecule has 0 radical (unpaired) electrons. The molecule has 0 amide bonds. The Kier molecular flexibility index (Phi) is 8.26. The number of anilines is 1. The van der Waals surface area contributed by atoms with E-state index in [0.29, 0.717) is 31.5 Å². The number of carbonyl (C=O) groups is 1. The molecular formula is C12H18ClN3O4. The zero-order chi connectivity index (χ0) is 14.3. The summed E-state index contributed by atoms with van der Waals surface area (Å²) in [5.41, 5.74) is 5.86. The third kappa shape index (κ3) is 5.85. The first-order chi connectivity index (χ1) is 9.02. The van der Waals surface area contributed by atoms with Crippen LogP contribution >= 0.6 is 12.4 Å². The van der Waals surface area contributed by atoms with E-state index < -0.39 is 16.9 Å². The molecule has 0 aliphatic carbocycles. The quantitative estimate of drug-likeness (QED) is 0.384. The summed E-state index contributed by atoms with van der Waals surface area (Å²) in [7, 11) is 0. The Labute approximate surface area is 122 Å². The maximum Gasteiger partial charge on any atom is 0.320 e. The maximum absolute atomic E-state index is 10.8. The van der Waals surface area contributed by atoms with Crippen molar-refractivity contribution in [3.63, 3.8) is 0 Å². The van der Waals surface area contributed by atoms with Gasteiger partial charge in [0, 0.05) is 12.6 Å². The minimum Gasteiger partial charge on any atom is -0.480 e. The molecule has 0 heterocycles. The van der Waals surface area contributed by atoms with Crippen LogP contribution in [0.2, 0.25) is 0 Å². The van der Waals surface area contributed by atoms with Crippen LogP contribution in [0, 0.1) is 10.1 Å². The van der Waals surface area contributed by atoms with Crippen molar-refractivity contribution < 1.29 is 14.8 Å². The Morgan fingerprint density at radius 3 is 2.65 bits per heavy atom. The van der Waals surface area contributed by atoms with E-state index >= 15 is 0 Å². The first-order valence-corrected chi connectivity index (χ1v) is 5.98. The van der Waals surface area contributed by atoms with Crippen molar-refractivity contribution in [3.8, 4) is 0 Å². The predicted octanol–water partition coefficient (Wildman–Crippen LogP) is 2.01. The molecule has 0 aliphatic heterocycles. The van der Waals surface area contributed by atoms with E-state index in [9.17, 15) is 14.9 Å². The molecule has 0 aromatic heterocycles. The Bertz CT molecular complexity index is 456. The van der Waals surface area contributed by atoms with Crippen LogP contribution in [0.1, 0.15) is 19.3 Å². The Morgan fingerprint density at radius 2 is 2.05 bits per heavy atom. The summed E-state index contributed by atoms with van der Waals surface area (Å²) in [6.07, 6.45) is 1.75. The summed E-state index contributed by atoms with van der Waals surface area (Å²) in [6, 6.07) is 5.56. The number of nitrogens with zero attached hydrogens (tertiary/aromatic N) is 1. The van der Waals surface area contributed by atoms with E-state index in [4.69, 9.17) is 10.8 Å². The molecule has 4 N–H and O–H groups in total. The fourth-order valence-corrected chi connectivity index (χ4v) is 1.62. The first-order valence-electron chi connectivity index (χ1n) is 5.98. The average molecular weight is 304 g/mol. The summed E-state index contributed by atoms with van der Waals surface area (Å²) < 4.78 is 0. The highest BCUT2D eigenvalue weighted by atomic mass is 35.5. The zero-order valence-electron chi connectivity index (χ0n) is 10.8. The molecule has 0 spiro atoms. The minimum atomic E-state index is -1.01. The standard InChI is InChI=1S/C12H17N3O4.ClH/c13-9(12(16)17)5-3-4-8-14-10-6-1-2-7-11(10)15(18)19;/h1-2,6-7,9,14H,3-5,8,13H2,(H,16,17);1H/t9-;/m0./s1. The van der Waals surface area contributed by atoms with Gasteiger partial charge >= 0.3 is 5.97 Å². The SMILES string of the molecule is Cl.N[C@@H](CCCCNc1ccccc1[N+](=O)[O-])C(=O)O. The monoisotopic (exact) mass is 303 g/mol. The highest BCUT2D eigenvalue weighted by Crippen LogP contribution is 2.22. The van der Waals surface area contributed by atoms with Crippen molar-refractivity contribution in [2.75, 3.05) is 11.9 Å². The van der Waals surface area contributed by atoms with Gasteiger partial charge in [0.05, 0.1) is 4.92 Å². The van der Waals surface area contributed by atoms with E-state index in [-0.39, 0.29) is 18.1 Å². The molecule has 112 valence electrons. The number of aliphatic carboxylic acids is 1. The van der Waals surface area contributed by atoms with Crippen LogP contribution in [0.15, 0.2) is 24.3 Å². The molecule has 7 nitrogen and oxygen atoms in total. The van der Waals surface area contributed by atoms with Gasteiger partial charge < -0.3 is 16.2 Å². The topological polar surface area (TPSA) is 118 Å². The highest BCUT2D eigenvalue weighted by Gasteiger charge is 2.12. The normalized spacial score (nSPS) is 11.2. The lowest BCUT2D eigenvalue weighted by Crippen LogP contribution is -2.29. The van der Waals surface area contributed by atoms with Gasteiger partial charge in [-0.05, 0) is 25.3 Å². The fourth-order valence-electron chi connectivity index (χ4n) is 1.62. The third-order valence-corrected chi connectivity index (χ3v) is 2.68. The second-order valence-electron chi connectivity index (χ2n) is 4.14. The second-order valence-corrected chi connectivity index (χ2v) is 4.14. The molecular weight excluding hydrogens is 286 g/mol. The fraction of sp³-hybridized carbons (Fsp3) is 0.417. The van der Waals surface area contributed by atoms with Crippen LogP contribution in [0.5, 0.6) is 0 Å². The Balaban J connectivity index is 0.00000361. The number of unbranched alkanes of at least 4 members (excludes halogenated alkanes) is 1. The highest BCUT2D eigenvalue weighted by molar-refractivity contribution is 5.85. The first kappa shape index (κ1) is 18.1. The van der Waals surface area contributed by atoms with Gasteiger partial charge in [0.15, 0.2) is 0 Å². The molecule has 20 heavy (non-hydrogen) atoms. The van der Waals surface area contributed by atoms with Crippen LogP contribution < -0.4 is 11.1 Å². The largest absolute Gasteiger partial charge is 0.480 e. The van der Waals surface area contributed by atoms with Crippen LogP contribution in [0.3, 0.4) is 0 Å². The van der Waals surface area contributed by atoms with E-state index in [1.165, 1.54) is 6.07 Å². The smallest absolute Gasteiger partial charge is 0.320 e. The predicted molar refractivity (Wildman–Crippen MR) is 78.3 cm³/mol. The molecule has 8 heteroatoms. The molecule has 1 aromatic rings. The third-order valence-electron chi connectivity index (χ3n) is 2.68. The van der Waals surface area contributed by atoms with Gasteiger partial charge in [0.1, 0.15) is 11.7 Å². The van der Waals surface area contributed by atoms with Crippen molar-refractivity contribution in [2.24, 2.45) is 5.73 Å². The average Bonchev–Trinajstić information content (AvgIpc) is 2.38. The Morgan fingerprint density at radius 1 is 1.40 bits per heavy atom. The van der Waals surface area contributed by atoms with E-state index in [2.05, 4.69) is 5.32 Å². The van der Waals surface area contributed by atoms with Gasteiger partial charge in [0.25, 0.3) is 5.69 Å². The van der Waals surface area contributed by atoms with Crippen LogP contribution in [0.4, 0.5) is 11.4 Å². The zero-order valence-corrected chi connectivity index (χ0v) is 11.6. The number of hydrogen-bond donors (Lipinski definition) is 3. The number of carboxylic acid groups (broad SMARTS) is 1. The molecule has 0 unspecified atom stereocenters. The lowest BCUT2D eigenvalue weighted by atomic mass is 10.1. The number of carboxylic acids is 1. The van der Waals surface area contributed by atoms with Gasteiger partial charge in [-0.3, -0.25) is 14.9 Å². The molecule has 0 fully saturated rings. The van der Waals surface area contributed by atoms with Crippen molar-refractivity contribution in [1.29, 1.82) is 0 Å². The molecule has 0 aliphatic rings. The van der Waals surface area contributed by atoms with E-state index in [1.807, 2.05) is 0 Å². The lowest BCUT2D eigenvalue weighted by molar-refractivity contribution is -0.384. The number of nitro benzene ring substituents is 1. The van der Waals surface area contributed by atoms with Gasteiger partial charge in [-0.25, -0.2) is 0 Å². The second kappa shape index (κ2) is 9.11. The maximum atomic E-state index is 10.8. The number of halogens is 1. The molecule has 0 bridgehead atoms. The van der Waals surface area contributed by atoms with E-state index in [0.717, 1.165) is 0 Å². The molecule has 0 saturated carbocycles. The van der Waals surface area contributed by atoms with Gasteiger partial charge in [0.2, 0.25) is 0 Å². The number of benzene rings is 1. The number of nitro groups is 1. The van der Waals surface area contributed by atoms with Gasteiger partial charge in [-0.15, -0.1) is 12.4 Å². The van der Waals surface area contributed by atoms with Gasteiger partial charge in [-0.2, -0.15) is 0 Å². The van der Waals surface area contributed by atoms with Crippen molar-refractivity contribution in [1.82, 2.24) is 0 Å². The molecule has 1 aromatic carbocycles. The molecule has 1 atom stereocenters. The summed E-state index contributed by atoms with van der Waals surface area (Å²) in [5.74, 6) is -1.01. The lowest BCUT2D eigenvalue weighted by Gasteiger charge is -2.08. The summed E-state index contributed by atoms with van der Waals surface area (Å²) in [5, 5.41) is 22.3. The number of nitrogens with two attached hydrogens (primary N) is 1. The van der Waals surface area contributed by atoms with Crippen LogP contribution in [-0.2, 0) is 4.79 Å². The van der Waals surface area contributed by atoms with Crippen molar-refractivity contribution >= 4 is 29.8 Å².